The fraction of sp³-hybridized carbons (Fsp3) is 0.333. The molecule has 1 aliphatic rings. The highest BCUT2D eigenvalue weighted by Gasteiger charge is 2.35. The van der Waals surface area contributed by atoms with Crippen LogP contribution in [-0.2, 0) is 4.74 Å². The third-order valence-corrected chi connectivity index (χ3v) is 5.86. The highest BCUT2D eigenvalue weighted by Crippen LogP contribution is 2.30. The van der Waals surface area contributed by atoms with Crippen LogP contribution in [0, 0.1) is 17.5 Å². The molecule has 0 bridgehead atoms. The van der Waals surface area contributed by atoms with Gasteiger partial charge in [0.1, 0.15) is 11.6 Å². The van der Waals surface area contributed by atoms with Crippen LogP contribution >= 0.6 is 0 Å². The molecule has 8 nitrogen and oxygen atoms in total. The minimum Gasteiger partial charge on any atom is -0.478 e. The molecule has 2 N–H and O–H groups in total. The summed E-state index contributed by atoms with van der Waals surface area (Å²) in [4.78, 5) is 15.0. The molecule has 2 aromatic carbocycles. The minimum absolute atomic E-state index is 0.201. The maximum Gasteiger partial charge on any atom is 0.320 e. The van der Waals surface area contributed by atoms with Gasteiger partial charge in [-0.1, -0.05) is 18.2 Å². The summed E-state index contributed by atoms with van der Waals surface area (Å²) in [6, 6.07) is 10.8. The molecule has 11 heteroatoms. The van der Waals surface area contributed by atoms with Crippen LogP contribution in [0.25, 0.3) is 5.69 Å². The number of aromatic nitrogens is 2. The number of ether oxygens (including phenoxy) is 2. The van der Waals surface area contributed by atoms with E-state index in [2.05, 4.69) is 15.7 Å². The van der Waals surface area contributed by atoms with Gasteiger partial charge in [0, 0.05) is 38.7 Å². The number of urea groups is 1. The summed E-state index contributed by atoms with van der Waals surface area (Å²) >= 11 is 0. The third kappa shape index (κ3) is 5.57. The zero-order valence-corrected chi connectivity index (χ0v) is 19.3. The van der Waals surface area contributed by atoms with Crippen molar-refractivity contribution in [3.8, 4) is 11.6 Å². The maximum atomic E-state index is 14.9. The maximum absolute atomic E-state index is 14.9. The second kappa shape index (κ2) is 10.8. The van der Waals surface area contributed by atoms with Crippen LogP contribution in [0.3, 0.4) is 0 Å². The number of benzene rings is 2. The molecule has 0 unspecified atom stereocenters. The van der Waals surface area contributed by atoms with Crippen molar-refractivity contribution in [1.29, 1.82) is 0 Å². The highest BCUT2D eigenvalue weighted by molar-refractivity contribution is 5.89. The number of nitrogens with zero attached hydrogens (tertiary/aromatic N) is 3. The second-order valence-corrected chi connectivity index (χ2v) is 8.19. The first-order valence-corrected chi connectivity index (χ1v) is 11.0. The van der Waals surface area contributed by atoms with Crippen LogP contribution in [0.4, 0.5) is 23.8 Å². The van der Waals surface area contributed by atoms with Crippen LogP contribution < -0.4 is 15.4 Å². The van der Waals surface area contributed by atoms with Gasteiger partial charge in [-0.3, -0.25) is 10.2 Å². The van der Waals surface area contributed by atoms with Crippen molar-refractivity contribution < 1.29 is 27.4 Å². The van der Waals surface area contributed by atoms with Crippen LogP contribution in [0.1, 0.15) is 11.5 Å². The Labute approximate surface area is 200 Å². The summed E-state index contributed by atoms with van der Waals surface area (Å²) < 4.78 is 54.1. The van der Waals surface area contributed by atoms with Crippen LogP contribution in [-0.4, -0.2) is 67.2 Å². The van der Waals surface area contributed by atoms with E-state index in [9.17, 15) is 18.0 Å². The van der Waals surface area contributed by atoms with E-state index in [0.29, 0.717) is 37.5 Å². The van der Waals surface area contributed by atoms with E-state index in [0.717, 1.165) is 6.07 Å². The van der Waals surface area contributed by atoms with Gasteiger partial charge in [-0.2, -0.15) is 4.39 Å². The Balaban J connectivity index is 1.56. The first kappa shape index (κ1) is 24.6. The number of nitrogens with one attached hydrogen (secondary N) is 2. The lowest BCUT2D eigenvalue weighted by Crippen LogP contribution is -2.42. The van der Waals surface area contributed by atoms with Gasteiger partial charge >= 0.3 is 6.03 Å². The van der Waals surface area contributed by atoms with E-state index in [1.54, 1.807) is 37.4 Å². The number of amides is 2. The molecule has 1 aromatic heterocycles. The lowest BCUT2D eigenvalue weighted by molar-refractivity contribution is 0.159. The van der Waals surface area contributed by atoms with Crippen molar-refractivity contribution in [3.63, 3.8) is 0 Å². The molecule has 0 spiro atoms. The van der Waals surface area contributed by atoms with Gasteiger partial charge in [0.2, 0.25) is 5.82 Å². The summed E-state index contributed by atoms with van der Waals surface area (Å²) in [5, 5.41) is 9.43. The van der Waals surface area contributed by atoms with Crippen molar-refractivity contribution >= 4 is 11.8 Å². The van der Waals surface area contributed by atoms with Crippen molar-refractivity contribution in [2.24, 2.45) is 0 Å². The summed E-state index contributed by atoms with van der Waals surface area (Å²) in [5.41, 5.74) is 0.944. The van der Waals surface area contributed by atoms with Crippen molar-refractivity contribution in [3.05, 3.63) is 71.5 Å². The Morgan fingerprint density at radius 3 is 2.46 bits per heavy atom. The minimum atomic E-state index is -0.830. The van der Waals surface area contributed by atoms with Crippen LogP contribution in [0.2, 0.25) is 0 Å². The van der Waals surface area contributed by atoms with E-state index >= 15 is 0 Å². The standard InChI is InChI=1S/C24H26F3N5O3/c1-34-9-8-31-13-19(15-10-16(25)12-17(26)11-15)20(14-31)28-24(33)29-22-21(27)23(35-2)30-32(22)18-6-4-3-5-7-18/h3-7,10-12,19-20H,8-9,13-14H2,1-2H3,(H2,28,29,33)/t19-,20+/m0/s1. The van der Waals surface area contributed by atoms with E-state index in [1.165, 1.54) is 23.9 Å². The Morgan fingerprint density at radius 2 is 1.80 bits per heavy atom. The van der Waals surface area contributed by atoms with Crippen LogP contribution in [0.5, 0.6) is 5.88 Å². The number of hydrogen-bond donors (Lipinski definition) is 2. The smallest absolute Gasteiger partial charge is 0.320 e. The second-order valence-electron chi connectivity index (χ2n) is 8.19. The largest absolute Gasteiger partial charge is 0.478 e. The topological polar surface area (TPSA) is 80.7 Å². The van der Waals surface area contributed by atoms with Crippen LogP contribution in [0.15, 0.2) is 48.5 Å². The number of carbonyl (C=O) groups is 1. The number of halogens is 3. The van der Waals surface area contributed by atoms with E-state index in [4.69, 9.17) is 9.47 Å². The fourth-order valence-electron chi connectivity index (χ4n) is 4.25. The number of methoxy groups -OCH3 is 2. The highest BCUT2D eigenvalue weighted by atomic mass is 19.1. The molecule has 3 aromatic rings. The molecular formula is C24H26F3N5O3. The van der Waals surface area contributed by atoms with Gasteiger partial charge in [0.05, 0.1) is 25.4 Å². The summed E-state index contributed by atoms with van der Waals surface area (Å²) in [6.45, 7) is 1.92. The van der Waals surface area contributed by atoms with E-state index in [1.807, 2.05) is 4.90 Å². The van der Waals surface area contributed by atoms with Gasteiger partial charge in [-0.05, 0) is 29.8 Å². The predicted octanol–water partition coefficient (Wildman–Crippen LogP) is 3.53. The number of carbonyl (C=O) groups excluding carboxylic acids is 1. The normalized spacial score (nSPS) is 18.0. The van der Waals surface area contributed by atoms with Gasteiger partial charge in [0.15, 0.2) is 5.82 Å². The lowest BCUT2D eigenvalue weighted by atomic mass is 9.94. The third-order valence-electron chi connectivity index (χ3n) is 5.86. The lowest BCUT2D eigenvalue weighted by Gasteiger charge is -2.21. The monoisotopic (exact) mass is 489 g/mol. The number of anilines is 1. The van der Waals surface area contributed by atoms with E-state index < -0.39 is 29.5 Å². The van der Waals surface area contributed by atoms with Crippen molar-refractivity contribution in [2.75, 3.05) is 45.8 Å². The average Bonchev–Trinajstić information content (AvgIpc) is 3.38. The number of hydrogen-bond acceptors (Lipinski definition) is 5. The summed E-state index contributed by atoms with van der Waals surface area (Å²) in [6.07, 6.45) is 0. The van der Waals surface area contributed by atoms with Crippen molar-refractivity contribution in [1.82, 2.24) is 20.0 Å². The fourth-order valence-corrected chi connectivity index (χ4v) is 4.25. The molecule has 1 fully saturated rings. The molecule has 35 heavy (non-hydrogen) atoms. The molecule has 0 saturated carbocycles. The molecule has 0 radical (unpaired) electrons. The zero-order chi connectivity index (χ0) is 24.9. The molecule has 1 saturated heterocycles. The molecule has 2 heterocycles. The molecule has 4 rings (SSSR count). The Bertz CT molecular complexity index is 1150. The van der Waals surface area contributed by atoms with Crippen molar-refractivity contribution in [2.45, 2.75) is 12.0 Å². The van der Waals surface area contributed by atoms with Gasteiger partial charge < -0.3 is 14.8 Å². The number of para-hydroxylation sites is 1. The summed E-state index contributed by atoms with van der Waals surface area (Å²) in [5.74, 6) is -3.08. The number of likely N-dealkylation sites (tertiary alicyclic amines) is 1. The van der Waals surface area contributed by atoms with Gasteiger partial charge in [0.25, 0.3) is 5.88 Å². The van der Waals surface area contributed by atoms with Gasteiger partial charge in [-0.25, -0.2) is 18.3 Å². The Hall–Kier alpha value is -3.57. The quantitative estimate of drug-likeness (QED) is 0.506. The SMILES string of the molecule is COCCN1C[C@@H](NC(=O)Nc2c(F)c(OC)nn2-c2ccccc2)[C@H](c2cc(F)cc(F)c2)C1. The number of rotatable bonds is 8. The zero-order valence-electron chi connectivity index (χ0n) is 19.3. The average molecular weight is 489 g/mol. The first-order chi connectivity index (χ1) is 16.9. The molecule has 0 aliphatic carbocycles. The Morgan fingerprint density at radius 1 is 1.09 bits per heavy atom. The molecule has 2 amide bonds. The Kier molecular flexibility index (Phi) is 7.57. The molecular weight excluding hydrogens is 463 g/mol. The summed E-state index contributed by atoms with van der Waals surface area (Å²) in [7, 11) is 2.86. The molecule has 1 aliphatic heterocycles. The first-order valence-electron chi connectivity index (χ1n) is 11.0. The predicted molar refractivity (Wildman–Crippen MR) is 123 cm³/mol. The molecule has 2 atom stereocenters. The van der Waals surface area contributed by atoms with E-state index in [-0.39, 0.29) is 17.6 Å². The molecule has 186 valence electrons. The van der Waals surface area contributed by atoms with Gasteiger partial charge in [-0.15, -0.1) is 5.10 Å².